The van der Waals surface area contributed by atoms with E-state index in [0.29, 0.717) is 17.7 Å². The Morgan fingerprint density at radius 2 is 1.83 bits per heavy atom. The van der Waals surface area contributed by atoms with Crippen LogP contribution in [0.5, 0.6) is 5.75 Å². The summed E-state index contributed by atoms with van der Waals surface area (Å²) in [4.78, 5) is 13.1. The van der Waals surface area contributed by atoms with Gasteiger partial charge in [0.25, 0.3) is 0 Å². The molecule has 0 unspecified atom stereocenters. The number of hydrogen-bond donors (Lipinski definition) is 0. The third kappa shape index (κ3) is 3.24. The van der Waals surface area contributed by atoms with E-state index in [0.717, 1.165) is 27.8 Å². The molecule has 3 aromatic rings. The molecule has 0 aliphatic carbocycles. The number of ketones is 1. The highest BCUT2D eigenvalue weighted by atomic mass is 79.9. The first-order valence-electron chi connectivity index (χ1n) is 7.96. The first-order chi connectivity index (χ1) is 11.6. The van der Waals surface area contributed by atoms with Crippen molar-refractivity contribution >= 4 is 32.7 Å². The van der Waals surface area contributed by atoms with Crippen molar-refractivity contribution in [2.24, 2.45) is 0 Å². The van der Waals surface area contributed by atoms with Gasteiger partial charge in [0.15, 0.2) is 5.78 Å². The number of furan rings is 1. The average Bonchev–Trinajstić information content (AvgIpc) is 2.99. The van der Waals surface area contributed by atoms with E-state index in [9.17, 15) is 4.79 Å². The number of alkyl halides is 1. The molecule has 0 amide bonds. The lowest BCUT2D eigenvalue weighted by molar-refractivity contribution is 0.103. The fourth-order valence-corrected chi connectivity index (χ4v) is 2.87. The van der Waals surface area contributed by atoms with Gasteiger partial charge in [-0.3, -0.25) is 4.79 Å². The Labute approximate surface area is 149 Å². The molecule has 0 aliphatic rings. The Balaban J connectivity index is 2.00. The van der Waals surface area contributed by atoms with Gasteiger partial charge in [-0.05, 0) is 30.3 Å². The molecular weight excluding hydrogens is 368 g/mol. The van der Waals surface area contributed by atoms with Crippen LogP contribution in [0.3, 0.4) is 0 Å². The van der Waals surface area contributed by atoms with E-state index in [-0.39, 0.29) is 11.7 Å². The first kappa shape index (κ1) is 16.8. The van der Waals surface area contributed by atoms with Crippen LogP contribution >= 0.6 is 15.9 Å². The molecule has 0 saturated carbocycles. The van der Waals surface area contributed by atoms with Crippen molar-refractivity contribution in [2.75, 3.05) is 11.9 Å². The van der Waals surface area contributed by atoms with Crippen molar-refractivity contribution in [1.82, 2.24) is 0 Å². The van der Waals surface area contributed by atoms with Gasteiger partial charge in [-0.15, -0.1) is 0 Å². The van der Waals surface area contributed by atoms with Crippen molar-refractivity contribution in [1.29, 1.82) is 0 Å². The third-order valence-corrected chi connectivity index (χ3v) is 4.16. The van der Waals surface area contributed by atoms with Crippen molar-refractivity contribution in [3.05, 3.63) is 65.4 Å². The molecule has 124 valence electrons. The number of halogens is 1. The fourth-order valence-electron chi connectivity index (χ4n) is 2.71. The van der Waals surface area contributed by atoms with Crippen molar-refractivity contribution in [3.63, 3.8) is 0 Å². The van der Waals surface area contributed by atoms with Gasteiger partial charge in [0.2, 0.25) is 0 Å². The molecule has 0 bridgehead atoms. The predicted octanol–water partition coefficient (Wildman–Crippen LogP) is 5.56. The van der Waals surface area contributed by atoms with Crippen LogP contribution in [0, 0.1) is 0 Å². The highest BCUT2D eigenvalue weighted by Crippen LogP contribution is 2.32. The molecule has 4 heteroatoms. The molecule has 1 aromatic heterocycles. The minimum Gasteiger partial charge on any atom is -0.493 e. The minimum absolute atomic E-state index is 0.0179. The Morgan fingerprint density at radius 3 is 2.50 bits per heavy atom. The molecule has 0 N–H and O–H groups in total. The maximum Gasteiger partial charge on any atom is 0.197 e. The average molecular weight is 387 g/mol. The van der Waals surface area contributed by atoms with Crippen LogP contribution in [0.1, 0.15) is 41.4 Å². The summed E-state index contributed by atoms with van der Waals surface area (Å²) in [6, 6.07) is 14.9. The summed E-state index contributed by atoms with van der Waals surface area (Å²) in [7, 11) is 0. The van der Waals surface area contributed by atoms with Gasteiger partial charge in [-0.25, -0.2) is 0 Å². The number of ether oxygens (including phenoxy) is 1. The summed E-state index contributed by atoms with van der Waals surface area (Å²) in [5, 5.41) is 1.64. The minimum atomic E-state index is -0.0179. The number of carbonyl (C=O) groups is 1. The number of rotatable bonds is 6. The highest BCUT2D eigenvalue weighted by molar-refractivity contribution is 9.09. The van der Waals surface area contributed by atoms with Crippen LogP contribution in [0.4, 0.5) is 0 Å². The molecule has 0 radical (unpaired) electrons. The summed E-state index contributed by atoms with van der Waals surface area (Å²) in [6.07, 6.45) is 0. The van der Waals surface area contributed by atoms with Gasteiger partial charge in [0.1, 0.15) is 17.1 Å². The number of hydrogen-bond acceptors (Lipinski definition) is 3. The van der Waals surface area contributed by atoms with Crippen LogP contribution in [-0.2, 0) is 0 Å². The van der Waals surface area contributed by atoms with Crippen LogP contribution in [-0.4, -0.2) is 17.7 Å². The molecule has 0 spiro atoms. The molecule has 0 saturated heterocycles. The second kappa shape index (κ2) is 7.22. The zero-order valence-corrected chi connectivity index (χ0v) is 15.3. The SMILES string of the molecule is CC(C)c1oc2ccccc2c1C(=O)c1ccc(OCCBr)cc1. The molecule has 24 heavy (non-hydrogen) atoms. The van der Waals surface area contributed by atoms with Gasteiger partial charge in [-0.1, -0.05) is 48.0 Å². The van der Waals surface area contributed by atoms with E-state index in [1.165, 1.54) is 0 Å². The van der Waals surface area contributed by atoms with Crippen LogP contribution in [0.2, 0.25) is 0 Å². The smallest absolute Gasteiger partial charge is 0.197 e. The number of benzene rings is 2. The van der Waals surface area contributed by atoms with Crippen LogP contribution in [0.15, 0.2) is 52.9 Å². The van der Waals surface area contributed by atoms with E-state index < -0.39 is 0 Å². The maximum absolute atomic E-state index is 13.1. The van der Waals surface area contributed by atoms with Gasteiger partial charge < -0.3 is 9.15 Å². The second-order valence-corrected chi connectivity index (χ2v) is 6.68. The van der Waals surface area contributed by atoms with E-state index in [4.69, 9.17) is 9.15 Å². The summed E-state index contributed by atoms with van der Waals surface area (Å²) >= 11 is 3.33. The van der Waals surface area contributed by atoms with Crippen LogP contribution < -0.4 is 4.74 Å². The van der Waals surface area contributed by atoms with Crippen molar-refractivity contribution in [3.8, 4) is 5.75 Å². The molecule has 0 atom stereocenters. The predicted molar refractivity (Wildman–Crippen MR) is 99.5 cm³/mol. The lowest BCUT2D eigenvalue weighted by Gasteiger charge is -2.07. The standard InChI is InChI=1S/C20H19BrO3/c1-13(2)20-18(16-5-3-4-6-17(16)24-20)19(22)14-7-9-15(10-8-14)23-12-11-21/h3-10,13H,11-12H2,1-2H3. The van der Waals surface area contributed by atoms with E-state index in [1.807, 2.05) is 50.2 Å². The summed E-state index contributed by atoms with van der Waals surface area (Å²) in [5.74, 6) is 1.61. The van der Waals surface area contributed by atoms with E-state index >= 15 is 0 Å². The Kier molecular flexibility index (Phi) is 5.05. The normalized spacial score (nSPS) is 11.2. The molecule has 3 rings (SSSR count). The zero-order chi connectivity index (χ0) is 17.1. The second-order valence-electron chi connectivity index (χ2n) is 5.88. The van der Waals surface area contributed by atoms with Crippen LogP contribution in [0.25, 0.3) is 11.0 Å². The van der Waals surface area contributed by atoms with Gasteiger partial charge in [-0.2, -0.15) is 0 Å². The fraction of sp³-hybridized carbons (Fsp3) is 0.250. The third-order valence-electron chi connectivity index (χ3n) is 3.84. The summed E-state index contributed by atoms with van der Waals surface area (Å²) in [6.45, 7) is 4.66. The van der Waals surface area contributed by atoms with Gasteiger partial charge >= 0.3 is 0 Å². The molecule has 0 aliphatic heterocycles. The maximum atomic E-state index is 13.1. The lowest BCUT2D eigenvalue weighted by atomic mass is 9.96. The molecule has 2 aromatic carbocycles. The Morgan fingerprint density at radius 1 is 1.12 bits per heavy atom. The summed E-state index contributed by atoms with van der Waals surface area (Å²) in [5.41, 5.74) is 2.05. The van der Waals surface area contributed by atoms with Gasteiger partial charge in [0, 0.05) is 22.2 Å². The molecule has 0 fully saturated rings. The lowest BCUT2D eigenvalue weighted by Crippen LogP contribution is -2.05. The number of fused-ring (bicyclic) bond motifs is 1. The molecular formula is C20H19BrO3. The quantitative estimate of drug-likeness (QED) is 0.411. The molecule has 3 nitrogen and oxygen atoms in total. The zero-order valence-electron chi connectivity index (χ0n) is 13.7. The largest absolute Gasteiger partial charge is 0.493 e. The highest BCUT2D eigenvalue weighted by Gasteiger charge is 2.23. The van der Waals surface area contributed by atoms with Gasteiger partial charge in [0.05, 0.1) is 12.2 Å². The number of carbonyl (C=O) groups excluding carboxylic acids is 1. The van der Waals surface area contributed by atoms with E-state index in [1.54, 1.807) is 12.1 Å². The monoisotopic (exact) mass is 386 g/mol. The van der Waals surface area contributed by atoms with E-state index in [2.05, 4.69) is 15.9 Å². The molecule has 1 heterocycles. The van der Waals surface area contributed by atoms with Crippen molar-refractivity contribution < 1.29 is 13.9 Å². The Bertz CT molecular complexity index is 847. The number of para-hydroxylation sites is 1. The summed E-state index contributed by atoms with van der Waals surface area (Å²) < 4.78 is 11.5. The Hall–Kier alpha value is -2.07. The topological polar surface area (TPSA) is 39.4 Å². The van der Waals surface area contributed by atoms with Crippen molar-refractivity contribution in [2.45, 2.75) is 19.8 Å². The first-order valence-corrected chi connectivity index (χ1v) is 9.09.